The maximum Gasteiger partial charge on any atom is 0.134 e. The SMILES string of the molecule is CCOCC(C)OCc1c(CNC)oc2ccccc12. The Morgan fingerprint density at radius 2 is 2.10 bits per heavy atom. The Morgan fingerprint density at radius 3 is 2.85 bits per heavy atom. The zero-order valence-corrected chi connectivity index (χ0v) is 12.4. The Hall–Kier alpha value is -1.36. The molecule has 20 heavy (non-hydrogen) atoms. The van der Waals surface area contributed by atoms with Crippen LogP contribution >= 0.6 is 0 Å². The molecular weight excluding hydrogens is 254 g/mol. The van der Waals surface area contributed by atoms with Gasteiger partial charge in [0.15, 0.2) is 0 Å². The summed E-state index contributed by atoms with van der Waals surface area (Å²) in [4.78, 5) is 0. The Labute approximate surface area is 120 Å². The van der Waals surface area contributed by atoms with Gasteiger partial charge in [0, 0.05) is 17.6 Å². The number of furan rings is 1. The first-order valence-electron chi connectivity index (χ1n) is 7.09. The topological polar surface area (TPSA) is 43.6 Å². The van der Waals surface area contributed by atoms with E-state index in [9.17, 15) is 0 Å². The Bertz CT molecular complexity index is 536. The molecule has 1 aromatic carbocycles. The van der Waals surface area contributed by atoms with Gasteiger partial charge < -0.3 is 19.2 Å². The summed E-state index contributed by atoms with van der Waals surface area (Å²) in [6, 6.07) is 8.07. The van der Waals surface area contributed by atoms with Crippen molar-refractivity contribution in [2.24, 2.45) is 0 Å². The summed E-state index contributed by atoms with van der Waals surface area (Å²) < 4.78 is 17.1. The number of para-hydroxylation sites is 1. The van der Waals surface area contributed by atoms with Gasteiger partial charge in [-0.1, -0.05) is 18.2 Å². The normalized spacial score (nSPS) is 12.9. The largest absolute Gasteiger partial charge is 0.459 e. The standard InChI is InChI=1S/C16H23NO3/c1-4-18-10-12(2)19-11-14-13-7-5-6-8-15(13)20-16(14)9-17-3/h5-8,12,17H,4,9-11H2,1-3H3. The van der Waals surface area contributed by atoms with Crippen molar-refractivity contribution >= 4 is 11.0 Å². The van der Waals surface area contributed by atoms with Gasteiger partial charge in [0.05, 0.1) is 25.9 Å². The van der Waals surface area contributed by atoms with Crippen LogP contribution in [0, 0.1) is 0 Å². The van der Waals surface area contributed by atoms with E-state index in [0.717, 1.165) is 22.3 Å². The Balaban J connectivity index is 2.12. The average molecular weight is 277 g/mol. The van der Waals surface area contributed by atoms with Gasteiger partial charge in [-0.3, -0.25) is 0 Å². The quantitative estimate of drug-likeness (QED) is 0.805. The van der Waals surface area contributed by atoms with Gasteiger partial charge >= 0.3 is 0 Å². The molecule has 0 aliphatic rings. The second-order valence-electron chi connectivity index (χ2n) is 4.81. The van der Waals surface area contributed by atoms with Crippen LogP contribution in [0.5, 0.6) is 0 Å². The predicted octanol–water partition coefficient (Wildman–Crippen LogP) is 3.09. The van der Waals surface area contributed by atoms with E-state index in [0.29, 0.717) is 26.4 Å². The molecule has 0 radical (unpaired) electrons. The molecule has 1 atom stereocenters. The van der Waals surface area contributed by atoms with Crippen LogP contribution < -0.4 is 5.32 Å². The summed E-state index contributed by atoms with van der Waals surface area (Å²) in [5.74, 6) is 0.942. The smallest absolute Gasteiger partial charge is 0.134 e. The zero-order chi connectivity index (χ0) is 14.4. The van der Waals surface area contributed by atoms with E-state index < -0.39 is 0 Å². The highest BCUT2D eigenvalue weighted by Crippen LogP contribution is 2.26. The highest BCUT2D eigenvalue weighted by atomic mass is 16.5. The van der Waals surface area contributed by atoms with Crippen molar-refractivity contribution in [3.8, 4) is 0 Å². The van der Waals surface area contributed by atoms with Crippen molar-refractivity contribution in [3.63, 3.8) is 0 Å². The lowest BCUT2D eigenvalue weighted by Crippen LogP contribution is -2.16. The van der Waals surface area contributed by atoms with E-state index in [-0.39, 0.29) is 6.10 Å². The fourth-order valence-corrected chi connectivity index (χ4v) is 2.17. The zero-order valence-electron chi connectivity index (χ0n) is 12.4. The molecule has 0 amide bonds. The third kappa shape index (κ3) is 3.60. The maximum atomic E-state index is 5.88. The van der Waals surface area contributed by atoms with Crippen LogP contribution in [0.4, 0.5) is 0 Å². The van der Waals surface area contributed by atoms with Crippen LogP contribution in [0.1, 0.15) is 25.2 Å². The number of nitrogens with one attached hydrogen (secondary N) is 1. The van der Waals surface area contributed by atoms with Crippen molar-refractivity contribution in [1.82, 2.24) is 5.32 Å². The van der Waals surface area contributed by atoms with E-state index in [1.807, 2.05) is 39.1 Å². The van der Waals surface area contributed by atoms with E-state index >= 15 is 0 Å². The minimum absolute atomic E-state index is 0.0750. The molecule has 0 spiro atoms. The molecule has 110 valence electrons. The summed E-state index contributed by atoms with van der Waals surface area (Å²) in [7, 11) is 1.91. The van der Waals surface area contributed by atoms with E-state index in [1.54, 1.807) is 0 Å². The Morgan fingerprint density at radius 1 is 1.30 bits per heavy atom. The maximum absolute atomic E-state index is 5.88. The molecule has 0 aliphatic carbocycles. The molecule has 2 aromatic rings. The van der Waals surface area contributed by atoms with Gasteiger partial charge in [-0.15, -0.1) is 0 Å². The molecule has 0 saturated carbocycles. The molecule has 0 aliphatic heterocycles. The highest BCUT2D eigenvalue weighted by Gasteiger charge is 2.14. The van der Waals surface area contributed by atoms with Crippen LogP contribution in [0.15, 0.2) is 28.7 Å². The number of hydrogen-bond donors (Lipinski definition) is 1. The minimum atomic E-state index is 0.0750. The van der Waals surface area contributed by atoms with Crippen molar-refractivity contribution in [2.75, 3.05) is 20.3 Å². The third-order valence-electron chi connectivity index (χ3n) is 3.19. The molecule has 4 heteroatoms. The first kappa shape index (κ1) is 15.0. The molecule has 0 saturated heterocycles. The van der Waals surface area contributed by atoms with Crippen LogP contribution in [0.3, 0.4) is 0 Å². The van der Waals surface area contributed by atoms with Gasteiger partial charge in [-0.2, -0.15) is 0 Å². The van der Waals surface area contributed by atoms with Crippen molar-refractivity contribution in [1.29, 1.82) is 0 Å². The second-order valence-corrected chi connectivity index (χ2v) is 4.81. The highest BCUT2D eigenvalue weighted by molar-refractivity contribution is 5.82. The van der Waals surface area contributed by atoms with Gasteiger partial charge in [0.25, 0.3) is 0 Å². The molecule has 1 N–H and O–H groups in total. The lowest BCUT2D eigenvalue weighted by atomic mass is 10.1. The number of benzene rings is 1. The van der Waals surface area contributed by atoms with E-state index in [1.165, 1.54) is 0 Å². The summed E-state index contributed by atoms with van der Waals surface area (Å²) >= 11 is 0. The lowest BCUT2D eigenvalue weighted by molar-refractivity contribution is -0.0117. The molecule has 1 unspecified atom stereocenters. The molecule has 0 fully saturated rings. The average Bonchev–Trinajstić information content (AvgIpc) is 2.81. The molecular formula is C16H23NO3. The monoisotopic (exact) mass is 277 g/mol. The summed E-state index contributed by atoms with van der Waals surface area (Å²) in [5, 5.41) is 4.26. The Kier molecular flexibility index (Phi) is 5.59. The number of rotatable bonds is 8. The molecule has 0 bridgehead atoms. The number of hydrogen-bond acceptors (Lipinski definition) is 4. The van der Waals surface area contributed by atoms with Gasteiger partial charge in [-0.25, -0.2) is 0 Å². The molecule has 1 heterocycles. The lowest BCUT2D eigenvalue weighted by Gasteiger charge is -2.13. The first-order chi connectivity index (χ1) is 9.76. The van der Waals surface area contributed by atoms with Gasteiger partial charge in [-0.05, 0) is 27.0 Å². The van der Waals surface area contributed by atoms with Crippen molar-refractivity contribution in [2.45, 2.75) is 33.1 Å². The number of fused-ring (bicyclic) bond motifs is 1. The second kappa shape index (κ2) is 7.43. The van der Waals surface area contributed by atoms with Crippen LogP contribution in [-0.4, -0.2) is 26.4 Å². The van der Waals surface area contributed by atoms with E-state index in [2.05, 4.69) is 11.4 Å². The van der Waals surface area contributed by atoms with Gasteiger partial charge in [0.2, 0.25) is 0 Å². The fourth-order valence-electron chi connectivity index (χ4n) is 2.17. The third-order valence-corrected chi connectivity index (χ3v) is 3.19. The van der Waals surface area contributed by atoms with Crippen molar-refractivity contribution < 1.29 is 13.9 Å². The van der Waals surface area contributed by atoms with E-state index in [4.69, 9.17) is 13.9 Å². The summed E-state index contributed by atoms with van der Waals surface area (Å²) in [5.41, 5.74) is 2.03. The van der Waals surface area contributed by atoms with Crippen LogP contribution in [0.25, 0.3) is 11.0 Å². The fraction of sp³-hybridized carbons (Fsp3) is 0.500. The predicted molar refractivity (Wildman–Crippen MR) is 79.7 cm³/mol. The van der Waals surface area contributed by atoms with Crippen molar-refractivity contribution in [3.05, 3.63) is 35.6 Å². The summed E-state index contributed by atoms with van der Waals surface area (Å²) in [6.45, 7) is 6.59. The molecule has 4 nitrogen and oxygen atoms in total. The summed E-state index contributed by atoms with van der Waals surface area (Å²) in [6.07, 6.45) is 0.0750. The van der Waals surface area contributed by atoms with Crippen LogP contribution in [-0.2, 0) is 22.6 Å². The molecule has 2 rings (SSSR count). The minimum Gasteiger partial charge on any atom is -0.459 e. The van der Waals surface area contributed by atoms with Crippen LogP contribution in [0.2, 0.25) is 0 Å². The van der Waals surface area contributed by atoms with Gasteiger partial charge in [0.1, 0.15) is 11.3 Å². The number of ether oxygens (including phenoxy) is 2. The first-order valence-corrected chi connectivity index (χ1v) is 7.09. The molecule has 1 aromatic heterocycles.